The van der Waals surface area contributed by atoms with Crippen molar-refractivity contribution in [3.05, 3.63) is 0 Å². The first-order valence-electron chi connectivity index (χ1n) is 7.90. The normalized spacial score (nSPS) is 28.1. The first-order chi connectivity index (χ1) is 9.51. The Kier molecular flexibility index (Phi) is 5.04. The van der Waals surface area contributed by atoms with E-state index in [4.69, 9.17) is 10.5 Å². The lowest BCUT2D eigenvalue weighted by atomic mass is 9.93. The smallest absolute Gasteiger partial charge is 0.327 e. The Labute approximate surface area is 122 Å². The first-order valence-corrected chi connectivity index (χ1v) is 7.90. The number of carbonyl (C=O) groups excluding carboxylic acids is 1. The van der Waals surface area contributed by atoms with Gasteiger partial charge in [-0.15, -0.1) is 0 Å². The van der Waals surface area contributed by atoms with Crippen molar-refractivity contribution in [1.29, 1.82) is 0 Å². The second-order valence-corrected chi connectivity index (χ2v) is 6.31. The van der Waals surface area contributed by atoms with Crippen LogP contribution in [0.15, 0.2) is 0 Å². The summed E-state index contributed by atoms with van der Waals surface area (Å²) in [5, 5.41) is 0. The number of hydrogen-bond acceptors (Lipinski definition) is 5. The Hall–Kier alpha value is -0.650. The number of nitrogens with zero attached hydrogens (tertiary/aromatic N) is 2. The van der Waals surface area contributed by atoms with E-state index in [1.54, 1.807) is 0 Å². The molecule has 0 bridgehead atoms. The summed E-state index contributed by atoms with van der Waals surface area (Å²) < 4.78 is 5.22. The Morgan fingerprint density at radius 3 is 2.60 bits per heavy atom. The number of nitrogens with two attached hydrogens (primary N) is 1. The molecule has 1 saturated carbocycles. The van der Waals surface area contributed by atoms with Crippen LogP contribution in [-0.4, -0.2) is 67.2 Å². The summed E-state index contributed by atoms with van der Waals surface area (Å²) in [6.45, 7) is 8.13. The summed E-state index contributed by atoms with van der Waals surface area (Å²) in [6, 6.07) is 0.564. The molecule has 2 aliphatic rings. The molecule has 1 aliphatic heterocycles. The summed E-state index contributed by atoms with van der Waals surface area (Å²) in [4.78, 5) is 17.0. The zero-order valence-electron chi connectivity index (χ0n) is 13.1. The monoisotopic (exact) mass is 283 g/mol. The molecule has 5 heteroatoms. The standard InChI is InChI=1S/C15H29N3O2/c1-4-13-10-18(9-8-17(13)3)11-15(16,12-6-7-12)14(19)20-5-2/h12-13H,4-11,16H2,1-3H3. The van der Waals surface area contributed by atoms with Crippen molar-refractivity contribution in [3.8, 4) is 0 Å². The van der Waals surface area contributed by atoms with Crippen LogP contribution in [-0.2, 0) is 9.53 Å². The Morgan fingerprint density at radius 2 is 2.05 bits per heavy atom. The van der Waals surface area contributed by atoms with E-state index < -0.39 is 5.54 Å². The van der Waals surface area contributed by atoms with Gasteiger partial charge in [-0.05, 0) is 39.2 Å². The fourth-order valence-electron chi connectivity index (χ4n) is 3.19. The van der Waals surface area contributed by atoms with E-state index in [-0.39, 0.29) is 5.97 Å². The van der Waals surface area contributed by atoms with Gasteiger partial charge in [0.1, 0.15) is 5.54 Å². The second kappa shape index (κ2) is 6.41. The minimum absolute atomic E-state index is 0.213. The Balaban J connectivity index is 1.99. The highest BCUT2D eigenvalue weighted by Gasteiger charge is 2.50. The van der Waals surface area contributed by atoms with Crippen LogP contribution in [0.25, 0.3) is 0 Å². The maximum atomic E-state index is 12.3. The molecule has 1 heterocycles. The van der Waals surface area contributed by atoms with E-state index in [0.717, 1.165) is 38.9 Å². The SMILES string of the molecule is CCOC(=O)C(N)(CN1CCN(C)C(CC)C1)C1CC1. The van der Waals surface area contributed by atoms with Crippen molar-refractivity contribution < 1.29 is 9.53 Å². The van der Waals surface area contributed by atoms with Gasteiger partial charge in [0.05, 0.1) is 6.61 Å². The number of ether oxygens (including phenoxy) is 1. The van der Waals surface area contributed by atoms with E-state index in [1.165, 1.54) is 0 Å². The Morgan fingerprint density at radius 1 is 1.35 bits per heavy atom. The highest BCUT2D eigenvalue weighted by molar-refractivity contribution is 5.82. The van der Waals surface area contributed by atoms with Crippen LogP contribution in [0.5, 0.6) is 0 Å². The summed E-state index contributed by atoms with van der Waals surface area (Å²) in [5.74, 6) is 0.0933. The molecule has 0 radical (unpaired) electrons. The molecule has 0 amide bonds. The summed E-state index contributed by atoms with van der Waals surface area (Å²) in [7, 11) is 2.17. The summed E-state index contributed by atoms with van der Waals surface area (Å²) in [5.41, 5.74) is 5.65. The average Bonchev–Trinajstić information content (AvgIpc) is 3.25. The predicted octanol–water partition coefficient (Wildman–Crippen LogP) is 0.683. The molecule has 116 valence electrons. The van der Waals surface area contributed by atoms with Gasteiger partial charge in [0.25, 0.3) is 0 Å². The average molecular weight is 283 g/mol. The number of esters is 1. The molecule has 1 saturated heterocycles. The molecule has 0 aromatic heterocycles. The lowest BCUT2D eigenvalue weighted by molar-refractivity contribution is -0.151. The topological polar surface area (TPSA) is 58.8 Å². The van der Waals surface area contributed by atoms with Crippen molar-refractivity contribution in [2.75, 3.05) is 39.8 Å². The van der Waals surface area contributed by atoms with Crippen LogP contribution in [0.4, 0.5) is 0 Å². The van der Waals surface area contributed by atoms with Gasteiger partial charge in [0.15, 0.2) is 0 Å². The van der Waals surface area contributed by atoms with Crippen LogP contribution in [0.2, 0.25) is 0 Å². The molecule has 2 unspecified atom stereocenters. The van der Waals surface area contributed by atoms with Gasteiger partial charge in [-0.3, -0.25) is 4.90 Å². The van der Waals surface area contributed by atoms with Gasteiger partial charge in [0, 0.05) is 32.2 Å². The molecule has 2 fully saturated rings. The highest BCUT2D eigenvalue weighted by atomic mass is 16.5. The van der Waals surface area contributed by atoms with E-state index in [1.807, 2.05) is 6.92 Å². The predicted molar refractivity (Wildman–Crippen MR) is 79.4 cm³/mol. The molecule has 2 N–H and O–H groups in total. The van der Waals surface area contributed by atoms with E-state index >= 15 is 0 Å². The van der Waals surface area contributed by atoms with Crippen LogP contribution in [0.1, 0.15) is 33.1 Å². The quantitative estimate of drug-likeness (QED) is 0.727. The zero-order valence-corrected chi connectivity index (χ0v) is 13.1. The van der Waals surface area contributed by atoms with Crippen molar-refractivity contribution >= 4 is 5.97 Å². The van der Waals surface area contributed by atoms with Crippen molar-refractivity contribution in [2.24, 2.45) is 11.7 Å². The molecular weight excluding hydrogens is 254 g/mol. The van der Waals surface area contributed by atoms with E-state index in [2.05, 4.69) is 23.8 Å². The molecular formula is C15H29N3O2. The number of carbonyl (C=O) groups is 1. The van der Waals surface area contributed by atoms with E-state index in [9.17, 15) is 4.79 Å². The van der Waals surface area contributed by atoms with Gasteiger partial charge < -0.3 is 15.4 Å². The van der Waals surface area contributed by atoms with Gasteiger partial charge in [-0.1, -0.05) is 6.92 Å². The van der Waals surface area contributed by atoms with E-state index in [0.29, 0.717) is 25.1 Å². The fraction of sp³-hybridized carbons (Fsp3) is 0.933. The van der Waals surface area contributed by atoms with Gasteiger partial charge in [-0.2, -0.15) is 0 Å². The fourth-order valence-corrected chi connectivity index (χ4v) is 3.19. The third-order valence-electron chi connectivity index (χ3n) is 4.78. The number of piperazine rings is 1. The third kappa shape index (κ3) is 3.32. The maximum absolute atomic E-state index is 12.3. The lowest BCUT2D eigenvalue weighted by Crippen LogP contribution is -2.62. The molecule has 0 spiro atoms. The van der Waals surface area contributed by atoms with Crippen molar-refractivity contribution in [2.45, 2.75) is 44.7 Å². The van der Waals surface area contributed by atoms with Crippen LogP contribution >= 0.6 is 0 Å². The van der Waals surface area contributed by atoms with Gasteiger partial charge in [-0.25, -0.2) is 4.79 Å². The first kappa shape index (κ1) is 15.7. The number of rotatable bonds is 6. The third-order valence-corrected chi connectivity index (χ3v) is 4.78. The van der Waals surface area contributed by atoms with Gasteiger partial charge >= 0.3 is 5.97 Å². The number of likely N-dealkylation sites (N-methyl/N-ethyl adjacent to an activating group) is 1. The number of hydrogen-bond donors (Lipinski definition) is 1. The minimum Gasteiger partial charge on any atom is -0.465 e. The van der Waals surface area contributed by atoms with Crippen LogP contribution < -0.4 is 5.73 Å². The van der Waals surface area contributed by atoms with Gasteiger partial charge in [0.2, 0.25) is 0 Å². The summed E-state index contributed by atoms with van der Waals surface area (Å²) >= 11 is 0. The second-order valence-electron chi connectivity index (χ2n) is 6.31. The van der Waals surface area contributed by atoms with Crippen molar-refractivity contribution in [1.82, 2.24) is 9.80 Å². The molecule has 20 heavy (non-hydrogen) atoms. The minimum atomic E-state index is -0.801. The molecule has 5 nitrogen and oxygen atoms in total. The molecule has 0 aromatic rings. The lowest BCUT2D eigenvalue weighted by Gasteiger charge is -2.42. The molecule has 2 rings (SSSR count). The molecule has 0 aromatic carbocycles. The Bertz CT molecular complexity index is 346. The largest absolute Gasteiger partial charge is 0.465 e. The zero-order chi connectivity index (χ0) is 14.8. The molecule has 2 atom stereocenters. The molecule has 1 aliphatic carbocycles. The van der Waals surface area contributed by atoms with Crippen molar-refractivity contribution in [3.63, 3.8) is 0 Å². The maximum Gasteiger partial charge on any atom is 0.327 e. The van der Waals surface area contributed by atoms with Crippen LogP contribution in [0, 0.1) is 5.92 Å². The summed E-state index contributed by atoms with van der Waals surface area (Å²) in [6.07, 6.45) is 3.24. The van der Waals surface area contributed by atoms with Crippen LogP contribution in [0.3, 0.4) is 0 Å². The highest BCUT2D eigenvalue weighted by Crippen LogP contribution is 2.39.